The highest BCUT2D eigenvalue weighted by atomic mass is 79.9. The van der Waals surface area contributed by atoms with E-state index in [9.17, 15) is 4.79 Å². The number of hydrogen-bond acceptors (Lipinski definition) is 3. The molecule has 0 saturated carbocycles. The summed E-state index contributed by atoms with van der Waals surface area (Å²) in [6, 6.07) is 7.12. The Labute approximate surface area is 126 Å². The SMILES string of the molecule is O=C(NCCCn1ccnc1)c1cccc(OCBr)c1. The quantitative estimate of drug-likeness (QED) is 0.623. The lowest BCUT2D eigenvalue weighted by Gasteiger charge is -2.07. The van der Waals surface area contributed by atoms with Crippen molar-refractivity contribution in [3.8, 4) is 5.75 Å². The maximum atomic E-state index is 12.0. The third-order valence-electron chi connectivity index (χ3n) is 2.76. The van der Waals surface area contributed by atoms with Crippen molar-refractivity contribution < 1.29 is 9.53 Å². The Kier molecular flexibility index (Phi) is 5.61. The molecule has 2 aromatic rings. The molecule has 1 heterocycles. The van der Waals surface area contributed by atoms with Crippen LogP contribution in [0.25, 0.3) is 0 Å². The minimum absolute atomic E-state index is 0.0874. The summed E-state index contributed by atoms with van der Waals surface area (Å²) >= 11 is 3.19. The van der Waals surface area contributed by atoms with Gasteiger partial charge in [0.15, 0.2) is 0 Å². The van der Waals surface area contributed by atoms with E-state index in [1.807, 2.05) is 16.8 Å². The zero-order chi connectivity index (χ0) is 14.2. The van der Waals surface area contributed by atoms with Crippen LogP contribution >= 0.6 is 15.9 Å². The molecule has 1 aromatic heterocycles. The molecule has 6 heteroatoms. The van der Waals surface area contributed by atoms with Crippen molar-refractivity contribution in [3.63, 3.8) is 0 Å². The Morgan fingerprint density at radius 2 is 2.35 bits per heavy atom. The standard InChI is InChI=1S/C14H16BrN3O2/c15-10-20-13-4-1-3-12(9-13)14(19)17-5-2-7-18-8-6-16-11-18/h1,3-4,6,8-9,11H,2,5,7,10H2,(H,17,19). The van der Waals surface area contributed by atoms with E-state index < -0.39 is 0 Å². The van der Waals surface area contributed by atoms with Crippen LogP contribution in [-0.2, 0) is 6.54 Å². The summed E-state index contributed by atoms with van der Waals surface area (Å²) in [6.07, 6.45) is 6.28. The van der Waals surface area contributed by atoms with Crippen LogP contribution < -0.4 is 10.1 Å². The number of rotatable bonds is 7. The van der Waals surface area contributed by atoms with Crippen LogP contribution in [0.3, 0.4) is 0 Å². The summed E-state index contributed by atoms with van der Waals surface area (Å²) in [5.74, 6) is 0.587. The second-order valence-corrected chi connectivity index (χ2v) is 4.65. The Balaban J connectivity index is 1.78. The summed E-state index contributed by atoms with van der Waals surface area (Å²) in [7, 11) is 0. The summed E-state index contributed by atoms with van der Waals surface area (Å²) in [4.78, 5) is 15.9. The number of halogens is 1. The van der Waals surface area contributed by atoms with Crippen LogP contribution in [0.15, 0.2) is 43.0 Å². The molecule has 0 atom stereocenters. The first-order valence-corrected chi connectivity index (χ1v) is 7.44. The molecular weight excluding hydrogens is 322 g/mol. The van der Waals surface area contributed by atoms with E-state index in [1.165, 1.54) is 0 Å². The third kappa shape index (κ3) is 4.38. The van der Waals surface area contributed by atoms with E-state index in [2.05, 4.69) is 26.2 Å². The van der Waals surface area contributed by atoms with Gasteiger partial charge >= 0.3 is 0 Å². The fourth-order valence-corrected chi connectivity index (χ4v) is 2.04. The highest BCUT2D eigenvalue weighted by Gasteiger charge is 2.05. The minimum Gasteiger partial charge on any atom is -0.482 e. The van der Waals surface area contributed by atoms with Gasteiger partial charge in [0.1, 0.15) is 11.3 Å². The number of imidazole rings is 1. The molecule has 0 unspecified atom stereocenters. The molecule has 20 heavy (non-hydrogen) atoms. The summed E-state index contributed by atoms with van der Waals surface area (Å²) in [5, 5.41) is 2.89. The zero-order valence-electron chi connectivity index (χ0n) is 11.0. The lowest BCUT2D eigenvalue weighted by molar-refractivity contribution is 0.0952. The van der Waals surface area contributed by atoms with Crippen molar-refractivity contribution in [1.82, 2.24) is 14.9 Å². The molecule has 0 radical (unpaired) electrons. The molecule has 0 fully saturated rings. The molecule has 0 aliphatic carbocycles. The Morgan fingerprint density at radius 3 is 3.10 bits per heavy atom. The van der Waals surface area contributed by atoms with Gasteiger partial charge in [-0.15, -0.1) is 0 Å². The average molecular weight is 338 g/mol. The molecule has 106 valence electrons. The van der Waals surface area contributed by atoms with Crippen LogP contribution in [0.4, 0.5) is 0 Å². The normalized spacial score (nSPS) is 10.2. The topological polar surface area (TPSA) is 56.2 Å². The van der Waals surface area contributed by atoms with Gasteiger partial charge in [-0.25, -0.2) is 4.98 Å². The number of amides is 1. The molecule has 0 bridgehead atoms. The van der Waals surface area contributed by atoms with Crippen LogP contribution in [0.1, 0.15) is 16.8 Å². The lowest BCUT2D eigenvalue weighted by atomic mass is 10.2. The van der Waals surface area contributed by atoms with Crippen molar-refractivity contribution in [1.29, 1.82) is 0 Å². The van der Waals surface area contributed by atoms with Gasteiger partial charge in [0.25, 0.3) is 5.91 Å². The molecule has 1 aromatic carbocycles. The number of aromatic nitrogens is 2. The Hall–Kier alpha value is -1.82. The molecule has 1 N–H and O–H groups in total. The average Bonchev–Trinajstić information content (AvgIpc) is 2.97. The van der Waals surface area contributed by atoms with Gasteiger partial charge in [-0.2, -0.15) is 0 Å². The Morgan fingerprint density at radius 1 is 1.45 bits per heavy atom. The summed E-state index contributed by atoms with van der Waals surface area (Å²) < 4.78 is 7.28. The van der Waals surface area contributed by atoms with Gasteiger partial charge in [-0.3, -0.25) is 4.79 Å². The minimum atomic E-state index is -0.0874. The fraction of sp³-hybridized carbons (Fsp3) is 0.286. The Bertz CT molecular complexity index is 543. The van der Waals surface area contributed by atoms with Crippen LogP contribution in [0.5, 0.6) is 5.75 Å². The second kappa shape index (κ2) is 7.69. The summed E-state index contributed by atoms with van der Waals surface area (Å²) in [5.41, 5.74) is 1.01. The lowest BCUT2D eigenvalue weighted by Crippen LogP contribution is -2.25. The maximum Gasteiger partial charge on any atom is 0.251 e. The van der Waals surface area contributed by atoms with E-state index in [1.54, 1.807) is 30.7 Å². The van der Waals surface area contributed by atoms with Crippen LogP contribution in [0, 0.1) is 0 Å². The number of carbonyl (C=O) groups excluding carboxylic acids is 1. The van der Waals surface area contributed by atoms with E-state index in [0.717, 1.165) is 13.0 Å². The maximum absolute atomic E-state index is 12.0. The van der Waals surface area contributed by atoms with Crippen molar-refractivity contribution in [2.75, 3.05) is 12.1 Å². The fourth-order valence-electron chi connectivity index (χ4n) is 1.77. The van der Waals surface area contributed by atoms with E-state index in [0.29, 0.717) is 23.4 Å². The van der Waals surface area contributed by atoms with Crippen LogP contribution in [0.2, 0.25) is 0 Å². The smallest absolute Gasteiger partial charge is 0.251 e. The molecule has 0 aliphatic rings. The second-order valence-electron chi connectivity index (χ2n) is 4.19. The van der Waals surface area contributed by atoms with Crippen molar-refractivity contribution in [2.24, 2.45) is 0 Å². The van der Waals surface area contributed by atoms with E-state index >= 15 is 0 Å². The molecule has 5 nitrogen and oxygen atoms in total. The summed E-state index contributed by atoms with van der Waals surface area (Å²) in [6.45, 7) is 1.47. The molecule has 0 aliphatic heterocycles. The number of hydrogen-bond donors (Lipinski definition) is 1. The van der Waals surface area contributed by atoms with Gasteiger partial charge in [0, 0.05) is 31.0 Å². The number of alkyl halides is 1. The van der Waals surface area contributed by atoms with Gasteiger partial charge < -0.3 is 14.6 Å². The van der Waals surface area contributed by atoms with E-state index in [-0.39, 0.29) is 5.91 Å². The first-order valence-electron chi connectivity index (χ1n) is 6.32. The molecular formula is C14H16BrN3O2. The number of aryl methyl sites for hydroxylation is 1. The number of benzene rings is 1. The number of nitrogens with zero attached hydrogens (tertiary/aromatic N) is 2. The van der Waals surface area contributed by atoms with E-state index in [4.69, 9.17) is 4.74 Å². The van der Waals surface area contributed by atoms with Crippen molar-refractivity contribution in [2.45, 2.75) is 13.0 Å². The molecule has 1 amide bonds. The highest BCUT2D eigenvalue weighted by molar-refractivity contribution is 9.09. The number of carbonyl (C=O) groups is 1. The largest absolute Gasteiger partial charge is 0.482 e. The molecule has 2 rings (SSSR count). The zero-order valence-corrected chi connectivity index (χ0v) is 12.5. The highest BCUT2D eigenvalue weighted by Crippen LogP contribution is 2.13. The van der Waals surface area contributed by atoms with Gasteiger partial charge in [0.05, 0.1) is 6.33 Å². The van der Waals surface area contributed by atoms with Gasteiger partial charge in [0.2, 0.25) is 0 Å². The number of ether oxygens (including phenoxy) is 1. The van der Waals surface area contributed by atoms with Crippen LogP contribution in [-0.4, -0.2) is 27.5 Å². The van der Waals surface area contributed by atoms with Gasteiger partial charge in [-0.05, 0) is 40.5 Å². The molecule has 0 spiro atoms. The predicted octanol–water partition coefficient (Wildman–Crippen LogP) is 2.43. The van der Waals surface area contributed by atoms with Crippen molar-refractivity contribution >= 4 is 21.8 Å². The van der Waals surface area contributed by atoms with Gasteiger partial charge in [-0.1, -0.05) is 6.07 Å². The third-order valence-corrected chi connectivity index (χ3v) is 2.98. The first kappa shape index (κ1) is 14.6. The monoisotopic (exact) mass is 337 g/mol. The molecule has 0 saturated heterocycles. The first-order chi connectivity index (χ1) is 9.79. The predicted molar refractivity (Wildman–Crippen MR) is 80.0 cm³/mol. The van der Waals surface area contributed by atoms with Crippen molar-refractivity contribution in [3.05, 3.63) is 48.5 Å². The number of nitrogens with one attached hydrogen (secondary N) is 1.